The lowest BCUT2D eigenvalue weighted by molar-refractivity contribution is 0.415. The van der Waals surface area contributed by atoms with Crippen LogP contribution in [0.5, 0.6) is 5.75 Å². The maximum Gasteiger partial charge on any atom is 0.207 e. The molecule has 3 rings (SSSR count). The van der Waals surface area contributed by atoms with Crippen LogP contribution >= 0.6 is 0 Å². The molecule has 0 unspecified atom stereocenters. The highest BCUT2D eigenvalue weighted by atomic mass is 16.5. The number of methoxy groups -OCH3 is 1. The lowest BCUT2D eigenvalue weighted by atomic mass is 10.3. The average molecular weight is 308 g/mol. The lowest BCUT2D eigenvalue weighted by Crippen LogP contribution is -2.05. The van der Waals surface area contributed by atoms with E-state index in [9.17, 15) is 0 Å². The van der Waals surface area contributed by atoms with E-state index >= 15 is 0 Å². The Balaban J connectivity index is 2.06. The van der Waals surface area contributed by atoms with Crippen molar-refractivity contribution in [1.29, 1.82) is 5.26 Å². The third kappa shape index (κ3) is 2.53. The number of fused-ring (bicyclic) bond motifs is 1. The molecule has 1 aromatic carbocycles. The quantitative estimate of drug-likeness (QED) is 0.739. The Morgan fingerprint density at radius 1 is 1.30 bits per heavy atom. The molecule has 0 spiro atoms. The van der Waals surface area contributed by atoms with Crippen molar-refractivity contribution in [3.05, 3.63) is 35.7 Å². The van der Waals surface area contributed by atoms with Gasteiger partial charge in [0, 0.05) is 6.07 Å². The summed E-state index contributed by atoms with van der Waals surface area (Å²) in [5, 5.41) is 29.2. The zero-order valence-corrected chi connectivity index (χ0v) is 12.4. The Labute approximate surface area is 131 Å². The molecule has 0 atom stereocenters. The largest absolute Gasteiger partial charge is 0.497 e. The van der Waals surface area contributed by atoms with E-state index in [-0.39, 0.29) is 11.5 Å². The van der Waals surface area contributed by atoms with E-state index in [1.807, 2.05) is 18.2 Å². The van der Waals surface area contributed by atoms with Crippen LogP contribution in [0.25, 0.3) is 5.65 Å². The highest BCUT2D eigenvalue weighted by Gasteiger charge is 2.15. The number of nitrogens with zero attached hydrogens (tertiary/aromatic N) is 7. The van der Waals surface area contributed by atoms with E-state index in [4.69, 9.17) is 15.7 Å². The highest BCUT2D eigenvalue weighted by molar-refractivity contribution is 5.68. The van der Waals surface area contributed by atoms with Crippen LogP contribution in [0.2, 0.25) is 0 Å². The van der Waals surface area contributed by atoms with Crippen LogP contribution in [0, 0.1) is 18.3 Å². The molecule has 9 heteroatoms. The minimum absolute atomic E-state index is 0.0104. The lowest BCUT2D eigenvalue weighted by Gasteiger charge is -1.99. The van der Waals surface area contributed by atoms with Gasteiger partial charge in [-0.05, 0) is 19.1 Å². The van der Waals surface area contributed by atoms with Gasteiger partial charge in [-0.1, -0.05) is 6.07 Å². The number of anilines is 1. The Morgan fingerprint density at radius 3 is 2.87 bits per heavy atom. The van der Waals surface area contributed by atoms with Gasteiger partial charge in [-0.15, -0.1) is 15.3 Å². The molecule has 0 aliphatic heterocycles. The van der Waals surface area contributed by atoms with Gasteiger partial charge in [-0.3, -0.25) is 0 Å². The first-order chi connectivity index (χ1) is 11.1. The van der Waals surface area contributed by atoms with Crippen molar-refractivity contribution in [3.63, 3.8) is 0 Å². The molecule has 0 fully saturated rings. The van der Waals surface area contributed by atoms with E-state index in [1.54, 1.807) is 26.2 Å². The van der Waals surface area contributed by atoms with Gasteiger partial charge in [-0.25, -0.2) is 0 Å². The number of aromatic nitrogens is 4. The molecule has 0 bridgehead atoms. The van der Waals surface area contributed by atoms with Gasteiger partial charge in [0.15, 0.2) is 11.5 Å². The Hall–Kier alpha value is -3.54. The Kier molecular flexibility index (Phi) is 3.56. The normalized spacial score (nSPS) is 11.0. The first kappa shape index (κ1) is 14.4. The molecule has 2 heterocycles. The van der Waals surface area contributed by atoms with Crippen molar-refractivity contribution in [1.82, 2.24) is 19.8 Å². The SMILES string of the molecule is COc1cccc(N=Nc2c(C)nn3c(N)c(C#N)nnc23)c1. The van der Waals surface area contributed by atoms with Gasteiger partial charge < -0.3 is 10.5 Å². The number of nitrogens with two attached hydrogens (primary N) is 1. The predicted octanol–water partition coefficient (Wildman–Crippen LogP) is 2.31. The maximum atomic E-state index is 8.93. The van der Waals surface area contributed by atoms with Crippen molar-refractivity contribution in [2.75, 3.05) is 12.8 Å². The van der Waals surface area contributed by atoms with Gasteiger partial charge in [0.25, 0.3) is 0 Å². The van der Waals surface area contributed by atoms with Crippen LogP contribution in [0.15, 0.2) is 34.5 Å². The molecular formula is C14H12N8O. The number of hydrogen-bond donors (Lipinski definition) is 1. The number of azo groups is 1. The summed E-state index contributed by atoms with van der Waals surface area (Å²) < 4.78 is 6.47. The zero-order valence-electron chi connectivity index (χ0n) is 12.4. The average Bonchev–Trinajstić information content (AvgIpc) is 2.90. The second-order valence-electron chi connectivity index (χ2n) is 4.62. The highest BCUT2D eigenvalue weighted by Crippen LogP contribution is 2.28. The van der Waals surface area contributed by atoms with E-state index in [0.717, 1.165) is 0 Å². The number of nitrogen functional groups attached to an aromatic ring is 1. The number of aryl methyl sites for hydroxylation is 1. The van der Waals surface area contributed by atoms with Gasteiger partial charge >= 0.3 is 0 Å². The molecule has 2 aromatic heterocycles. The summed E-state index contributed by atoms with van der Waals surface area (Å²) in [5.74, 6) is 0.796. The monoisotopic (exact) mass is 308 g/mol. The number of benzene rings is 1. The fourth-order valence-corrected chi connectivity index (χ4v) is 1.99. The van der Waals surface area contributed by atoms with E-state index < -0.39 is 0 Å². The Morgan fingerprint density at radius 2 is 2.13 bits per heavy atom. The summed E-state index contributed by atoms with van der Waals surface area (Å²) >= 11 is 0. The third-order valence-corrected chi connectivity index (χ3v) is 3.15. The van der Waals surface area contributed by atoms with E-state index in [1.165, 1.54) is 4.52 Å². The number of hydrogen-bond acceptors (Lipinski definition) is 8. The number of ether oxygens (including phenoxy) is 1. The summed E-state index contributed by atoms with van der Waals surface area (Å²) in [6.45, 7) is 1.75. The summed E-state index contributed by atoms with van der Waals surface area (Å²) in [7, 11) is 1.58. The summed E-state index contributed by atoms with van der Waals surface area (Å²) in [4.78, 5) is 0. The first-order valence-corrected chi connectivity index (χ1v) is 6.61. The summed E-state index contributed by atoms with van der Waals surface area (Å²) in [5.41, 5.74) is 7.83. The molecule has 0 aliphatic carbocycles. The molecule has 0 saturated heterocycles. The van der Waals surface area contributed by atoms with E-state index in [2.05, 4.69) is 25.5 Å². The second-order valence-corrected chi connectivity index (χ2v) is 4.62. The van der Waals surface area contributed by atoms with Crippen molar-refractivity contribution in [3.8, 4) is 11.8 Å². The van der Waals surface area contributed by atoms with E-state index in [0.29, 0.717) is 28.5 Å². The molecule has 2 N–H and O–H groups in total. The van der Waals surface area contributed by atoms with Gasteiger partial charge in [0.2, 0.25) is 11.3 Å². The molecule has 0 amide bonds. The van der Waals surface area contributed by atoms with Crippen LogP contribution in [0.3, 0.4) is 0 Å². The fourth-order valence-electron chi connectivity index (χ4n) is 1.99. The van der Waals surface area contributed by atoms with Gasteiger partial charge in [0.05, 0.1) is 18.5 Å². The van der Waals surface area contributed by atoms with Gasteiger partial charge in [0.1, 0.15) is 11.8 Å². The van der Waals surface area contributed by atoms with Crippen molar-refractivity contribution >= 4 is 22.8 Å². The minimum Gasteiger partial charge on any atom is -0.497 e. The zero-order chi connectivity index (χ0) is 16.4. The van der Waals surface area contributed by atoms with Crippen LogP contribution in [0.4, 0.5) is 17.2 Å². The molecule has 0 radical (unpaired) electrons. The van der Waals surface area contributed by atoms with Crippen LogP contribution < -0.4 is 10.5 Å². The second kappa shape index (κ2) is 5.69. The topological polar surface area (TPSA) is 127 Å². The molecule has 3 aromatic rings. The van der Waals surface area contributed by atoms with Crippen molar-refractivity contribution in [2.24, 2.45) is 10.2 Å². The molecular weight excluding hydrogens is 296 g/mol. The number of nitriles is 1. The van der Waals surface area contributed by atoms with Gasteiger partial charge in [-0.2, -0.15) is 20.0 Å². The Bertz CT molecular complexity index is 953. The minimum atomic E-state index is 0.0104. The van der Waals surface area contributed by atoms with Crippen molar-refractivity contribution < 1.29 is 4.74 Å². The summed E-state index contributed by atoms with van der Waals surface area (Å²) in [6.07, 6.45) is 0. The molecule has 23 heavy (non-hydrogen) atoms. The predicted molar refractivity (Wildman–Crippen MR) is 81.8 cm³/mol. The standard InChI is InChI=1S/C14H12N8O/c1-8-12(19-17-9-4-3-5-10(6-9)23-2)14-20-18-11(7-15)13(16)22(14)21-8/h3-6H,16H2,1-2H3. The molecule has 114 valence electrons. The van der Waals surface area contributed by atoms with Crippen LogP contribution in [0.1, 0.15) is 11.4 Å². The maximum absolute atomic E-state index is 8.93. The number of rotatable bonds is 3. The third-order valence-electron chi connectivity index (χ3n) is 3.15. The van der Waals surface area contributed by atoms with Crippen LogP contribution in [-0.4, -0.2) is 26.9 Å². The van der Waals surface area contributed by atoms with Crippen LogP contribution in [-0.2, 0) is 0 Å². The molecule has 0 aliphatic rings. The molecule has 9 nitrogen and oxygen atoms in total. The summed E-state index contributed by atoms with van der Waals surface area (Å²) in [6, 6.07) is 9.03. The van der Waals surface area contributed by atoms with Crippen molar-refractivity contribution in [2.45, 2.75) is 6.92 Å². The molecule has 0 saturated carbocycles. The smallest absolute Gasteiger partial charge is 0.207 e. The fraction of sp³-hybridized carbons (Fsp3) is 0.143. The first-order valence-electron chi connectivity index (χ1n) is 6.61.